The Kier molecular flexibility index (Phi) is 2.84. The van der Waals surface area contributed by atoms with Crippen molar-refractivity contribution in [2.45, 2.75) is 12.3 Å². The number of carbonyl (C=O) groups is 1. The number of fused-ring (bicyclic) bond motifs is 4. The van der Waals surface area contributed by atoms with E-state index in [0.717, 1.165) is 4.47 Å². The Morgan fingerprint density at radius 2 is 2.25 bits per heavy atom. The predicted octanol–water partition coefficient (Wildman–Crippen LogP) is 1.82. The maximum absolute atomic E-state index is 13.1. The molecule has 0 bridgehead atoms. The molecule has 2 aromatic rings. The molecule has 3 N–H and O–H groups in total. The standard InChI is InChI=1S/C16H12BrN5O2/c1-7-12-13(22(2)21-7)16(10(6-18)14(19)24-12)9-5-8(17)3-4-11(9)20-15(16)23/h3-5H,19H2,1-2H3,(H,20,23). The number of nitrogens with two attached hydrogens (primary N) is 1. The Balaban J connectivity index is 2.20. The fourth-order valence-corrected chi connectivity index (χ4v) is 3.90. The van der Waals surface area contributed by atoms with Gasteiger partial charge < -0.3 is 15.8 Å². The molecule has 120 valence electrons. The van der Waals surface area contributed by atoms with Crippen LogP contribution in [0.25, 0.3) is 0 Å². The normalized spacial score (nSPS) is 21.2. The minimum absolute atomic E-state index is 0.0624. The lowest BCUT2D eigenvalue weighted by Crippen LogP contribution is -2.43. The van der Waals surface area contributed by atoms with Gasteiger partial charge in [-0.3, -0.25) is 9.48 Å². The van der Waals surface area contributed by atoms with Gasteiger partial charge in [0.05, 0.1) is 0 Å². The molecule has 1 unspecified atom stereocenters. The van der Waals surface area contributed by atoms with Crippen molar-refractivity contribution >= 4 is 27.5 Å². The summed E-state index contributed by atoms with van der Waals surface area (Å²) >= 11 is 3.43. The second-order valence-corrected chi connectivity index (χ2v) is 6.65. The second-order valence-electron chi connectivity index (χ2n) is 5.73. The number of aromatic nitrogens is 2. The molecule has 4 rings (SSSR count). The Bertz CT molecular complexity index is 1000. The first-order valence-corrected chi connectivity index (χ1v) is 7.94. The summed E-state index contributed by atoms with van der Waals surface area (Å²) in [4.78, 5) is 13.1. The van der Waals surface area contributed by atoms with E-state index in [9.17, 15) is 10.1 Å². The van der Waals surface area contributed by atoms with Crippen LogP contribution < -0.4 is 15.8 Å². The highest BCUT2D eigenvalue weighted by Crippen LogP contribution is 2.54. The Hall–Kier alpha value is -2.79. The second kappa shape index (κ2) is 4.61. The first-order chi connectivity index (χ1) is 11.4. The molecule has 24 heavy (non-hydrogen) atoms. The summed E-state index contributed by atoms with van der Waals surface area (Å²) in [7, 11) is 1.72. The zero-order valence-corrected chi connectivity index (χ0v) is 14.4. The number of rotatable bonds is 0. The summed E-state index contributed by atoms with van der Waals surface area (Å²) in [6.45, 7) is 1.77. The number of nitriles is 1. The molecule has 1 aromatic carbocycles. The molecule has 1 amide bonds. The largest absolute Gasteiger partial charge is 0.437 e. The van der Waals surface area contributed by atoms with Crippen molar-refractivity contribution in [3.8, 4) is 11.8 Å². The molecular formula is C16H12BrN5O2. The summed E-state index contributed by atoms with van der Waals surface area (Å²) in [5.74, 6) is -0.0105. The molecule has 0 radical (unpaired) electrons. The van der Waals surface area contributed by atoms with Gasteiger partial charge in [-0.25, -0.2) is 0 Å². The number of carbonyl (C=O) groups excluding carboxylic acids is 1. The number of hydrogen-bond acceptors (Lipinski definition) is 5. The van der Waals surface area contributed by atoms with Crippen LogP contribution >= 0.6 is 15.9 Å². The lowest BCUT2D eigenvalue weighted by molar-refractivity contribution is -0.118. The van der Waals surface area contributed by atoms with E-state index in [1.54, 1.807) is 24.7 Å². The van der Waals surface area contributed by atoms with E-state index >= 15 is 0 Å². The molecule has 1 spiro atoms. The van der Waals surface area contributed by atoms with Crippen molar-refractivity contribution in [1.29, 1.82) is 5.26 Å². The number of benzene rings is 1. The SMILES string of the molecule is Cc1nn(C)c2c1OC(N)=C(C#N)C21C(=O)Nc2ccc(Br)cc21. The number of anilines is 1. The van der Waals surface area contributed by atoms with Gasteiger partial charge in [-0.1, -0.05) is 15.9 Å². The number of hydrogen-bond donors (Lipinski definition) is 2. The highest BCUT2D eigenvalue weighted by atomic mass is 79.9. The lowest BCUT2D eigenvalue weighted by atomic mass is 9.71. The average molecular weight is 386 g/mol. The molecular weight excluding hydrogens is 374 g/mol. The maximum Gasteiger partial charge on any atom is 0.246 e. The third-order valence-electron chi connectivity index (χ3n) is 4.44. The van der Waals surface area contributed by atoms with Gasteiger partial charge in [-0.2, -0.15) is 10.4 Å². The van der Waals surface area contributed by atoms with Gasteiger partial charge in [0.1, 0.15) is 23.0 Å². The van der Waals surface area contributed by atoms with Crippen molar-refractivity contribution < 1.29 is 9.53 Å². The fourth-order valence-electron chi connectivity index (χ4n) is 3.53. The molecule has 2 aliphatic rings. The summed E-state index contributed by atoms with van der Waals surface area (Å²) in [6, 6.07) is 7.49. The van der Waals surface area contributed by atoms with Crippen molar-refractivity contribution in [1.82, 2.24) is 9.78 Å². The third kappa shape index (κ3) is 1.55. The van der Waals surface area contributed by atoms with Crippen molar-refractivity contribution in [2.75, 3.05) is 5.32 Å². The Labute approximate surface area is 145 Å². The van der Waals surface area contributed by atoms with Gasteiger partial charge in [0.25, 0.3) is 0 Å². The molecule has 2 aliphatic heterocycles. The van der Waals surface area contributed by atoms with Crippen LogP contribution in [-0.2, 0) is 17.3 Å². The molecule has 3 heterocycles. The van der Waals surface area contributed by atoms with Crippen molar-refractivity contribution in [3.05, 3.63) is 51.1 Å². The highest BCUT2D eigenvalue weighted by Gasteiger charge is 2.58. The topological polar surface area (TPSA) is 106 Å². The molecule has 0 saturated carbocycles. The van der Waals surface area contributed by atoms with E-state index in [-0.39, 0.29) is 17.4 Å². The zero-order valence-electron chi connectivity index (χ0n) is 12.8. The van der Waals surface area contributed by atoms with Crippen LogP contribution in [0, 0.1) is 18.3 Å². The molecule has 7 nitrogen and oxygen atoms in total. The van der Waals surface area contributed by atoms with Gasteiger partial charge in [-0.05, 0) is 25.1 Å². The monoisotopic (exact) mass is 385 g/mol. The van der Waals surface area contributed by atoms with Gasteiger partial charge in [-0.15, -0.1) is 0 Å². The first-order valence-electron chi connectivity index (χ1n) is 7.15. The quantitative estimate of drug-likeness (QED) is 0.719. The van der Waals surface area contributed by atoms with Gasteiger partial charge >= 0.3 is 0 Å². The van der Waals surface area contributed by atoms with Crippen molar-refractivity contribution in [3.63, 3.8) is 0 Å². The highest BCUT2D eigenvalue weighted by molar-refractivity contribution is 9.10. The summed E-state index contributed by atoms with van der Waals surface area (Å²) < 4.78 is 7.99. The molecule has 0 saturated heterocycles. The molecule has 8 heteroatoms. The van der Waals surface area contributed by atoms with Crippen LogP contribution in [0.2, 0.25) is 0 Å². The minimum atomic E-state index is -1.37. The van der Waals surface area contributed by atoms with E-state index in [0.29, 0.717) is 28.4 Å². The molecule has 0 fully saturated rings. The number of amides is 1. The van der Waals surface area contributed by atoms with Gasteiger partial charge in [0.15, 0.2) is 11.2 Å². The van der Waals surface area contributed by atoms with Crippen LogP contribution in [0.15, 0.2) is 34.1 Å². The van der Waals surface area contributed by atoms with E-state index in [4.69, 9.17) is 10.5 Å². The minimum Gasteiger partial charge on any atom is -0.437 e. The van der Waals surface area contributed by atoms with Crippen LogP contribution in [0.5, 0.6) is 5.75 Å². The van der Waals surface area contributed by atoms with Crippen LogP contribution in [-0.4, -0.2) is 15.7 Å². The average Bonchev–Trinajstić information content (AvgIpc) is 2.96. The fraction of sp³-hybridized carbons (Fsp3) is 0.188. The van der Waals surface area contributed by atoms with Gasteiger partial charge in [0, 0.05) is 22.8 Å². The van der Waals surface area contributed by atoms with Crippen LogP contribution in [0.4, 0.5) is 5.69 Å². The summed E-state index contributed by atoms with van der Waals surface area (Å²) in [5.41, 5.74) is 7.07. The number of ether oxygens (including phenoxy) is 1. The Morgan fingerprint density at radius 3 is 2.96 bits per heavy atom. The van der Waals surface area contributed by atoms with E-state index < -0.39 is 5.41 Å². The van der Waals surface area contributed by atoms with E-state index in [1.165, 1.54) is 0 Å². The first kappa shape index (κ1) is 14.8. The predicted molar refractivity (Wildman–Crippen MR) is 89.0 cm³/mol. The van der Waals surface area contributed by atoms with Crippen LogP contribution in [0.1, 0.15) is 17.0 Å². The number of halogens is 1. The molecule has 1 atom stereocenters. The van der Waals surface area contributed by atoms with Crippen molar-refractivity contribution in [2.24, 2.45) is 12.8 Å². The molecule has 1 aromatic heterocycles. The van der Waals surface area contributed by atoms with Gasteiger partial charge in [0.2, 0.25) is 11.8 Å². The third-order valence-corrected chi connectivity index (χ3v) is 4.94. The number of nitrogens with zero attached hydrogens (tertiary/aromatic N) is 3. The molecule has 0 aliphatic carbocycles. The lowest BCUT2D eigenvalue weighted by Gasteiger charge is -2.32. The number of nitrogens with one attached hydrogen (secondary N) is 1. The van der Waals surface area contributed by atoms with E-state index in [2.05, 4.69) is 32.4 Å². The summed E-state index contributed by atoms with van der Waals surface area (Å²) in [6.07, 6.45) is 0. The van der Waals surface area contributed by atoms with Crippen LogP contribution in [0.3, 0.4) is 0 Å². The van der Waals surface area contributed by atoms with E-state index in [1.807, 2.05) is 12.1 Å². The maximum atomic E-state index is 13.1. The summed E-state index contributed by atoms with van der Waals surface area (Å²) in [5, 5.41) is 16.9. The zero-order chi connectivity index (χ0) is 17.2. The smallest absolute Gasteiger partial charge is 0.246 e. The Morgan fingerprint density at radius 1 is 1.50 bits per heavy atom. The number of aryl methyl sites for hydroxylation is 2.